The van der Waals surface area contributed by atoms with E-state index in [4.69, 9.17) is 9.47 Å². The first-order chi connectivity index (χ1) is 9.35. The van der Waals surface area contributed by atoms with Gasteiger partial charge in [-0.05, 0) is 13.3 Å². The molecule has 120 valence electrons. The molecule has 0 unspecified atom stereocenters. The summed E-state index contributed by atoms with van der Waals surface area (Å²) in [7, 11) is 0. The van der Waals surface area contributed by atoms with Crippen LogP contribution >= 0.6 is 24.0 Å². The van der Waals surface area contributed by atoms with Gasteiger partial charge in [0.15, 0.2) is 5.96 Å². The summed E-state index contributed by atoms with van der Waals surface area (Å²) in [5.41, 5.74) is 0. The minimum Gasteiger partial charge on any atom is -0.379 e. The van der Waals surface area contributed by atoms with E-state index in [0.29, 0.717) is 32.9 Å². The first-order valence-corrected chi connectivity index (χ1v) is 7.13. The summed E-state index contributed by atoms with van der Waals surface area (Å²) in [5.74, 6) is 0.796. The number of rotatable bonds is 12. The Balaban J connectivity index is 0. The van der Waals surface area contributed by atoms with Gasteiger partial charge in [-0.1, -0.05) is 19.4 Å². The zero-order valence-electron chi connectivity index (χ0n) is 12.8. The molecule has 6 heteroatoms. The van der Waals surface area contributed by atoms with Crippen LogP contribution in [-0.2, 0) is 9.47 Å². The molecule has 0 aliphatic heterocycles. The standard InChI is InChI=1S/C14H29N3O2.HI/c1-4-7-10-18-12-13-19-11-9-17-14(15-6-3)16-8-5-2;/h5H,2,4,6-13H2,1,3H3,(H2,15,16,17);1H. The smallest absolute Gasteiger partial charge is 0.191 e. The van der Waals surface area contributed by atoms with Gasteiger partial charge in [0.05, 0.1) is 26.4 Å². The van der Waals surface area contributed by atoms with Gasteiger partial charge >= 0.3 is 0 Å². The van der Waals surface area contributed by atoms with Gasteiger partial charge in [-0.25, -0.2) is 0 Å². The number of aliphatic imine (C=N–C) groups is 1. The van der Waals surface area contributed by atoms with Crippen molar-refractivity contribution in [1.29, 1.82) is 0 Å². The van der Waals surface area contributed by atoms with E-state index in [2.05, 4.69) is 29.1 Å². The highest BCUT2D eigenvalue weighted by atomic mass is 127. The highest BCUT2D eigenvalue weighted by Gasteiger charge is 1.94. The normalized spacial score (nSPS) is 10.8. The summed E-state index contributed by atoms with van der Waals surface area (Å²) in [6.07, 6.45) is 4.09. The third kappa shape index (κ3) is 15.7. The predicted octanol–water partition coefficient (Wildman–Crippen LogP) is 2.18. The number of halogens is 1. The molecule has 0 aromatic carbocycles. The lowest BCUT2D eigenvalue weighted by molar-refractivity contribution is 0.0497. The van der Waals surface area contributed by atoms with Crippen molar-refractivity contribution in [2.24, 2.45) is 4.99 Å². The third-order valence-corrected chi connectivity index (χ3v) is 2.28. The monoisotopic (exact) mass is 399 g/mol. The molecule has 0 aliphatic rings. The zero-order chi connectivity index (χ0) is 14.2. The van der Waals surface area contributed by atoms with Crippen LogP contribution in [-0.4, -0.2) is 52.0 Å². The molecule has 0 aromatic heterocycles. The number of guanidine groups is 1. The van der Waals surface area contributed by atoms with Crippen LogP contribution < -0.4 is 10.6 Å². The molecule has 0 aromatic rings. The molecule has 0 amide bonds. The average molecular weight is 399 g/mol. The van der Waals surface area contributed by atoms with Crippen molar-refractivity contribution in [3.63, 3.8) is 0 Å². The van der Waals surface area contributed by atoms with Crippen LogP contribution in [0.25, 0.3) is 0 Å². The highest BCUT2D eigenvalue weighted by molar-refractivity contribution is 14.0. The van der Waals surface area contributed by atoms with Gasteiger partial charge in [0.25, 0.3) is 0 Å². The molecule has 0 saturated carbocycles. The van der Waals surface area contributed by atoms with Crippen LogP contribution in [0.5, 0.6) is 0 Å². The topological polar surface area (TPSA) is 54.9 Å². The Hall–Kier alpha value is -0.340. The fraction of sp³-hybridized carbons (Fsp3) is 0.786. The van der Waals surface area contributed by atoms with E-state index < -0.39 is 0 Å². The van der Waals surface area contributed by atoms with Gasteiger partial charge in [-0.15, -0.1) is 30.6 Å². The SMILES string of the molecule is C=CCNC(=NCCOCCOCCCC)NCC.I. The Kier molecular flexibility index (Phi) is 20.5. The first-order valence-electron chi connectivity index (χ1n) is 7.13. The number of ether oxygens (including phenoxy) is 2. The lowest BCUT2D eigenvalue weighted by atomic mass is 10.4. The lowest BCUT2D eigenvalue weighted by Gasteiger charge is -2.09. The summed E-state index contributed by atoms with van der Waals surface area (Å²) in [6, 6.07) is 0. The molecular formula is C14H30IN3O2. The summed E-state index contributed by atoms with van der Waals surface area (Å²) in [5, 5.41) is 6.29. The van der Waals surface area contributed by atoms with Gasteiger partial charge in [0, 0.05) is 19.7 Å². The number of hydrogen-bond donors (Lipinski definition) is 2. The number of nitrogens with one attached hydrogen (secondary N) is 2. The third-order valence-electron chi connectivity index (χ3n) is 2.28. The van der Waals surface area contributed by atoms with Crippen LogP contribution in [0.1, 0.15) is 26.7 Å². The van der Waals surface area contributed by atoms with Crippen molar-refractivity contribution in [3.8, 4) is 0 Å². The van der Waals surface area contributed by atoms with Gasteiger partial charge in [-0.2, -0.15) is 0 Å². The van der Waals surface area contributed by atoms with E-state index in [-0.39, 0.29) is 24.0 Å². The summed E-state index contributed by atoms with van der Waals surface area (Å²) >= 11 is 0. The predicted molar refractivity (Wildman–Crippen MR) is 96.1 cm³/mol. The Morgan fingerprint density at radius 1 is 1.10 bits per heavy atom. The second-order valence-corrected chi connectivity index (χ2v) is 4.01. The lowest BCUT2D eigenvalue weighted by Crippen LogP contribution is -2.37. The van der Waals surface area contributed by atoms with Crippen LogP contribution in [0.2, 0.25) is 0 Å². The van der Waals surface area contributed by atoms with E-state index in [9.17, 15) is 0 Å². The molecule has 0 rings (SSSR count). The molecule has 0 heterocycles. The molecule has 2 N–H and O–H groups in total. The maximum atomic E-state index is 5.44. The number of hydrogen-bond acceptors (Lipinski definition) is 3. The maximum Gasteiger partial charge on any atom is 0.191 e. The second kappa shape index (κ2) is 18.7. The van der Waals surface area contributed by atoms with E-state index >= 15 is 0 Å². The van der Waals surface area contributed by atoms with Gasteiger partial charge < -0.3 is 20.1 Å². The van der Waals surface area contributed by atoms with Crippen molar-refractivity contribution < 1.29 is 9.47 Å². The van der Waals surface area contributed by atoms with Gasteiger partial charge in [0.1, 0.15) is 0 Å². The second-order valence-electron chi connectivity index (χ2n) is 4.01. The fourth-order valence-electron chi connectivity index (χ4n) is 1.30. The van der Waals surface area contributed by atoms with Gasteiger partial charge in [-0.3, -0.25) is 4.99 Å². The summed E-state index contributed by atoms with van der Waals surface area (Å²) in [6.45, 7) is 12.8. The first kappa shape index (κ1) is 21.9. The van der Waals surface area contributed by atoms with Crippen molar-refractivity contribution >= 4 is 29.9 Å². The molecule has 0 atom stereocenters. The largest absolute Gasteiger partial charge is 0.379 e. The Bertz CT molecular complexity index is 238. The summed E-state index contributed by atoms with van der Waals surface area (Å²) in [4.78, 5) is 4.38. The summed E-state index contributed by atoms with van der Waals surface area (Å²) < 4.78 is 10.8. The van der Waals surface area contributed by atoms with Crippen molar-refractivity contribution in [2.75, 3.05) is 46.1 Å². The Labute approximate surface area is 140 Å². The molecule has 20 heavy (non-hydrogen) atoms. The average Bonchev–Trinajstić information content (AvgIpc) is 2.42. The Morgan fingerprint density at radius 3 is 2.40 bits per heavy atom. The number of unbranched alkanes of at least 4 members (excludes halogenated alkanes) is 1. The molecule has 0 fully saturated rings. The maximum absolute atomic E-state index is 5.44. The van der Waals surface area contributed by atoms with Crippen LogP contribution in [0.4, 0.5) is 0 Å². The molecule has 0 spiro atoms. The molecule has 0 bridgehead atoms. The molecular weight excluding hydrogens is 369 g/mol. The van der Waals surface area contributed by atoms with Gasteiger partial charge in [0.2, 0.25) is 0 Å². The van der Waals surface area contributed by atoms with E-state index in [1.807, 2.05) is 6.92 Å². The van der Waals surface area contributed by atoms with Crippen molar-refractivity contribution in [1.82, 2.24) is 10.6 Å². The van der Waals surface area contributed by atoms with E-state index in [0.717, 1.165) is 25.5 Å². The number of nitrogens with zero attached hydrogens (tertiary/aromatic N) is 1. The minimum absolute atomic E-state index is 0. The van der Waals surface area contributed by atoms with Crippen molar-refractivity contribution in [2.45, 2.75) is 26.7 Å². The van der Waals surface area contributed by atoms with E-state index in [1.54, 1.807) is 6.08 Å². The zero-order valence-corrected chi connectivity index (χ0v) is 15.2. The Morgan fingerprint density at radius 2 is 1.80 bits per heavy atom. The van der Waals surface area contributed by atoms with Crippen LogP contribution in [0.3, 0.4) is 0 Å². The van der Waals surface area contributed by atoms with Crippen LogP contribution in [0, 0.1) is 0 Å². The molecule has 0 aliphatic carbocycles. The van der Waals surface area contributed by atoms with Crippen LogP contribution in [0.15, 0.2) is 17.6 Å². The molecule has 0 radical (unpaired) electrons. The highest BCUT2D eigenvalue weighted by Crippen LogP contribution is 1.87. The molecule has 5 nitrogen and oxygen atoms in total. The minimum atomic E-state index is 0. The fourth-order valence-corrected chi connectivity index (χ4v) is 1.30. The molecule has 0 saturated heterocycles. The quantitative estimate of drug-likeness (QED) is 0.174. The van der Waals surface area contributed by atoms with E-state index in [1.165, 1.54) is 6.42 Å². The van der Waals surface area contributed by atoms with Crippen molar-refractivity contribution in [3.05, 3.63) is 12.7 Å².